The number of anilines is 1. The van der Waals surface area contributed by atoms with Crippen molar-refractivity contribution in [2.75, 3.05) is 33.2 Å². The van der Waals surface area contributed by atoms with Gasteiger partial charge in [-0.2, -0.15) is 0 Å². The second kappa shape index (κ2) is 9.45. The maximum atomic E-state index is 5.93. The van der Waals surface area contributed by atoms with Crippen molar-refractivity contribution in [2.24, 2.45) is 0 Å². The number of benzene rings is 1. The quantitative estimate of drug-likeness (QED) is 0.405. The maximum Gasteiger partial charge on any atom is 0.221 e. The van der Waals surface area contributed by atoms with E-state index in [4.69, 9.17) is 19.9 Å². The molecule has 0 spiro atoms. The van der Waals surface area contributed by atoms with Gasteiger partial charge in [0.15, 0.2) is 0 Å². The van der Waals surface area contributed by atoms with Crippen molar-refractivity contribution in [3.63, 3.8) is 0 Å². The number of ether oxygens (including phenoxy) is 3. The molecule has 4 rings (SSSR count). The summed E-state index contributed by atoms with van der Waals surface area (Å²) in [5.74, 6) is 0.762. The van der Waals surface area contributed by atoms with Crippen molar-refractivity contribution in [2.45, 2.75) is 13.2 Å². The van der Waals surface area contributed by atoms with E-state index in [9.17, 15) is 0 Å². The second-order valence-corrected chi connectivity index (χ2v) is 6.75. The first-order chi connectivity index (χ1) is 15.2. The molecule has 0 aliphatic rings. The SMILES string of the molecule is COCCOCc1cccc(Cn2cc(-c3nc(N)nc4c(OC)cccc34)nn2)n1. The number of pyridine rings is 1. The van der Waals surface area contributed by atoms with Crippen LogP contribution in [0.2, 0.25) is 0 Å². The van der Waals surface area contributed by atoms with Crippen molar-refractivity contribution >= 4 is 16.9 Å². The highest BCUT2D eigenvalue weighted by molar-refractivity contribution is 5.95. The number of fused-ring (bicyclic) bond motifs is 1. The molecule has 0 amide bonds. The first-order valence-corrected chi connectivity index (χ1v) is 9.70. The highest BCUT2D eigenvalue weighted by Gasteiger charge is 2.15. The molecule has 160 valence electrons. The van der Waals surface area contributed by atoms with Crippen molar-refractivity contribution in [1.29, 1.82) is 0 Å². The van der Waals surface area contributed by atoms with Crippen LogP contribution in [0.1, 0.15) is 11.4 Å². The topological polar surface area (TPSA) is 123 Å². The predicted octanol–water partition coefficient (Wildman–Crippen LogP) is 2.09. The van der Waals surface area contributed by atoms with Crippen LogP contribution in [0.4, 0.5) is 5.95 Å². The third-order valence-electron chi connectivity index (χ3n) is 4.58. The van der Waals surface area contributed by atoms with Gasteiger partial charge in [0.2, 0.25) is 5.95 Å². The van der Waals surface area contributed by atoms with Gasteiger partial charge in [0, 0.05) is 12.5 Å². The zero-order valence-electron chi connectivity index (χ0n) is 17.4. The van der Waals surface area contributed by atoms with E-state index in [1.807, 2.05) is 42.6 Å². The Balaban J connectivity index is 1.56. The van der Waals surface area contributed by atoms with E-state index >= 15 is 0 Å². The van der Waals surface area contributed by atoms with E-state index in [-0.39, 0.29) is 5.95 Å². The number of hydrogen-bond acceptors (Lipinski definition) is 9. The van der Waals surface area contributed by atoms with Crippen LogP contribution in [0, 0.1) is 0 Å². The monoisotopic (exact) mass is 421 g/mol. The number of rotatable bonds is 9. The summed E-state index contributed by atoms with van der Waals surface area (Å²) in [7, 11) is 3.23. The van der Waals surface area contributed by atoms with Gasteiger partial charge >= 0.3 is 0 Å². The molecule has 0 atom stereocenters. The Bertz CT molecular complexity index is 1180. The molecule has 10 heteroatoms. The van der Waals surface area contributed by atoms with Gasteiger partial charge in [0.05, 0.1) is 51.1 Å². The summed E-state index contributed by atoms with van der Waals surface area (Å²) >= 11 is 0. The lowest BCUT2D eigenvalue weighted by molar-refractivity contribution is 0.0601. The fourth-order valence-corrected chi connectivity index (χ4v) is 3.17. The molecule has 0 saturated carbocycles. The molecular formula is C21H23N7O3. The zero-order valence-corrected chi connectivity index (χ0v) is 17.4. The Hall–Kier alpha value is -3.63. The largest absolute Gasteiger partial charge is 0.494 e. The van der Waals surface area contributed by atoms with Gasteiger partial charge in [-0.05, 0) is 18.2 Å². The van der Waals surface area contributed by atoms with Crippen molar-refractivity contribution in [1.82, 2.24) is 29.9 Å². The summed E-state index contributed by atoms with van der Waals surface area (Å²) in [6.45, 7) is 1.96. The summed E-state index contributed by atoms with van der Waals surface area (Å²) in [6.07, 6.45) is 1.81. The van der Waals surface area contributed by atoms with Gasteiger partial charge in [-0.25, -0.2) is 14.6 Å². The molecule has 0 radical (unpaired) electrons. The second-order valence-electron chi connectivity index (χ2n) is 6.75. The summed E-state index contributed by atoms with van der Waals surface area (Å²) < 4.78 is 17.6. The van der Waals surface area contributed by atoms with Crippen LogP contribution in [0.3, 0.4) is 0 Å². The molecule has 10 nitrogen and oxygen atoms in total. The molecule has 0 saturated heterocycles. The highest BCUT2D eigenvalue weighted by atomic mass is 16.5. The normalized spacial score (nSPS) is 11.2. The van der Waals surface area contributed by atoms with Crippen LogP contribution in [0.25, 0.3) is 22.3 Å². The van der Waals surface area contributed by atoms with Gasteiger partial charge in [-0.15, -0.1) is 5.10 Å². The summed E-state index contributed by atoms with van der Waals surface area (Å²) in [5, 5.41) is 9.30. The minimum Gasteiger partial charge on any atom is -0.494 e. The molecule has 0 fully saturated rings. The number of nitrogen functional groups attached to an aromatic ring is 1. The molecule has 3 heterocycles. The zero-order chi connectivity index (χ0) is 21.6. The number of aromatic nitrogens is 6. The lowest BCUT2D eigenvalue weighted by Gasteiger charge is -2.07. The lowest BCUT2D eigenvalue weighted by atomic mass is 10.1. The summed E-state index contributed by atoms with van der Waals surface area (Å²) in [6, 6.07) is 11.4. The third kappa shape index (κ3) is 4.76. The Morgan fingerprint density at radius 3 is 2.65 bits per heavy atom. The van der Waals surface area contributed by atoms with Crippen molar-refractivity contribution < 1.29 is 14.2 Å². The van der Waals surface area contributed by atoms with Crippen LogP contribution in [0.15, 0.2) is 42.6 Å². The van der Waals surface area contributed by atoms with Crippen molar-refractivity contribution in [3.8, 4) is 17.1 Å². The van der Waals surface area contributed by atoms with Crippen LogP contribution in [-0.4, -0.2) is 57.4 Å². The Labute approximate surface area is 179 Å². The minimum atomic E-state index is 0.143. The molecule has 4 aromatic rings. The smallest absolute Gasteiger partial charge is 0.221 e. The molecule has 31 heavy (non-hydrogen) atoms. The predicted molar refractivity (Wildman–Crippen MR) is 114 cm³/mol. The van der Waals surface area contributed by atoms with Gasteiger partial charge in [-0.3, -0.25) is 4.98 Å². The Kier molecular flexibility index (Phi) is 6.29. The molecular weight excluding hydrogens is 398 g/mol. The van der Waals surface area contributed by atoms with Gasteiger partial charge in [-0.1, -0.05) is 23.4 Å². The van der Waals surface area contributed by atoms with Crippen LogP contribution < -0.4 is 10.5 Å². The van der Waals surface area contributed by atoms with E-state index in [2.05, 4.69) is 25.3 Å². The minimum absolute atomic E-state index is 0.143. The van der Waals surface area contributed by atoms with Gasteiger partial charge < -0.3 is 19.9 Å². The number of nitrogens with two attached hydrogens (primary N) is 1. The molecule has 0 bridgehead atoms. The molecule has 3 aromatic heterocycles. The van der Waals surface area contributed by atoms with E-state index < -0.39 is 0 Å². The summed E-state index contributed by atoms with van der Waals surface area (Å²) in [4.78, 5) is 13.3. The molecule has 0 unspecified atom stereocenters. The number of methoxy groups -OCH3 is 2. The molecule has 2 N–H and O–H groups in total. The van der Waals surface area contributed by atoms with Gasteiger partial charge in [0.1, 0.15) is 22.7 Å². The van der Waals surface area contributed by atoms with E-state index in [0.717, 1.165) is 16.8 Å². The molecule has 1 aromatic carbocycles. The molecule has 0 aliphatic carbocycles. The van der Waals surface area contributed by atoms with Crippen molar-refractivity contribution in [3.05, 3.63) is 54.0 Å². The first-order valence-electron chi connectivity index (χ1n) is 9.70. The highest BCUT2D eigenvalue weighted by Crippen LogP contribution is 2.30. The van der Waals surface area contributed by atoms with Gasteiger partial charge in [0.25, 0.3) is 0 Å². The average molecular weight is 421 g/mol. The van der Waals surface area contributed by atoms with Crippen LogP contribution >= 0.6 is 0 Å². The number of hydrogen-bond donors (Lipinski definition) is 1. The summed E-state index contributed by atoms with van der Waals surface area (Å²) in [5.41, 5.74) is 9.43. The molecule has 0 aliphatic heterocycles. The fraction of sp³-hybridized carbons (Fsp3) is 0.286. The fourth-order valence-electron chi connectivity index (χ4n) is 3.17. The first kappa shape index (κ1) is 20.6. The number of nitrogens with zero attached hydrogens (tertiary/aromatic N) is 6. The lowest BCUT2D eigenvalue weighted by Crippen LogP contribution is -2.06. The van der Waals surface area contributed by atoms with Crippen LogP contribution in [-0.2, 0) is 22.6 Å². The Morgan fingerprint density at radius 2 is 1.81 bits per heavy atom. The third-order valence-corrected chi connectivity index (χ3v) is 4.58. The maximum absolute atomic E-state index is 5.93. The standard InChI is InChI=1S/C21H23N7O3/c1-29-9-10-31-13-15-6-3-5-14(23-15)11-28-12-17(26-27-28)19-16-7-4-8-18(30-2)20(16)25-21(22)24-19/h3-8,12H,9-11,13H2,1-2H3,(H2,22,24,25). The van der Waals surface area contributed by atoms with E-state index in [1.54, 1.807) is 18.9 Å². The van der Waals surface area contributed by atoms with E-state index in [1.165, 1.54) is 0 Å². The Morgan fingerprint density at radius 1 is 0.968 bits per heavy atom. The van der Waals surface area contributed by atoms with Crippen LogP contribution in [0.5, 0.6) is 5.75 Å². The number of para-hydroxylation sites is 1. The van der Waals surface area contributed by atoms with E-state index in [0.29, 0.717) is 49.0 Å². The average Bonchev–Trinajstić information content (AvgIpc) is 3.24.